The summed E-state index contributed by atoms with van der Waals surface area (Å²) in [6.07, 6.45) is -1.85. The lowest BCUT2D eigenvalue weighted by atomic mass is 9.87. The van der Waals surface area contributed by atoms with E-state index in [1.165, 1.54) is 36.4 Å². The summed E-state index contributed by atoms with van der Waals surface area (Å²) in [6.45, 7) is 0. The topological polar surface area (TPSA) is 118 Å². The number of ketones is 1. The van der Waals surface area contributed by atoms with Gasteiger partial charge in [0, 0.05) is 33.2 Å². The molecule has 7 nitrogen and oxygen atoms in total. The van der Waals surface area contributed by atoms with Gasteiger partial charge in [-0.3, -0.25) is 4.79 Å². The summed E-state index contributed by atoms with van der Waals surface area (Å²) in [7, 11) is 0. The molecule has 2 atom stereocenters. The molecule has 2 unspecified atom stereocenters. The maximum atomic E-state index is 12.5. The van der Waals surface area contributed by atoms with E-state index in [0.29, 0.717) is 16.9 Å². The van der Waals surface area contributed by atoms with Crippen LogP contribution in [0.4, 0.5) is 11.4 Å². The van der Waals surface area contributed by atoms with Gasteiger partial charge in [-0.25, -0.2) is 0 Å². The number of azide groups is 1. The maximum Gasteiger partial charge on any atom is 0.166 e. The number of hydrogen-bond donors (Lipinski definition) is 3. The fourth-order valence-corrected chi connectivity index (χ4v) is 3.34. The molecule has 0 fully saturated rings. The molecule has 0 aromatic heterocycles. The quantitative estimate of drug-likeness (QED) is 0.320. The van der Waals surface area contributed by atoms with Gasteiger partial charge in [0.1, 0.15) is 5.60 Å². The number of nitrogens with one attached hydrogen (secondary N) is 1. The number of carbonyl (C=O) groups is 1. The first-order chi connectivity index (χ1) is 11.9. The Labute approximate surface area is 152 Å². The summed E-state index contributed by atoms with van der Waals surface area (Å²) in [5, 5.41) is 27.7. The smallest absolute Gasteiger partial charge is 0.166 e. The number of anilines is 1. The van der Waals surface area contributed by atoms with Crippen molar-refractivity contribution >= 4 is 40.4 Å². The molecule has 0 saturated heterocycles. The number of carbonyl (C=O) groups excluding carboxylic acids is 1. The molecule has 1 aliphatic rings. The number of rotatable bonds is 4. The Kier molecular flexibility index (Phi) is 4.60. The average Bonchev–Trinajstić information content (AvgIpc) is 2.84. The molecule has 2 aromatic carbocycles. The largest absolute Gasteiger partial charge is 0.380 e. The normalized spacial score (nSPS) is 21.2. The minimum absolute atomic E-state index is 0.188. The van der Waals surface area contributed by atoms with Crippen molar-refractivity contribution in [1.82, 2.24) is 0 Å². The van der Waals surface area contributed by atoms with Crippen LogP contribution in [-0.2, 0) is 5.60 Å². The zero-order valence-electron chi connectivity index (χ0n) is 12.6. The van der Waals surface area contributed by atoms with Crippen LogP contribution in [0.25, 0.3) is 10.4 Å². The number of Topliss-reactive ketones (excluding diaryl/α,β-unsaturated/α-hetero) is 1. The molecule has 9 heteroatoms. The third kappa shape index (κ3) is 3.04. The number of aliphatic hydroxyl groups is 2. The third-order valence-corrected chi connectivity index (χ3v) is 4.68. The molecule has 0 bridgehead atoms. The predicted molar refractivity (Wildman–Crippen MR) is 94.2 cm³/mol. The van der Waals surface area contributed by atoms with Crippen LogP contribution in [0.15, 0.2) is 41.5 Å². The SMILES string of the molecule is [N-]=[N+]=Nc1ccc(C(=O)CC2(O)c3c(Cl)ccc(Cl)c3NC2O)cc1. The van der Waals surface area contributed by atoms with Crippen LogP contribution in [0.5, 0.6) is 0 Å². The summed E-state index contributed by atoms with van der Waals surface area (Å²) < 4.78 is 0. The van der Waals surface area contributed by atoms with E-state index in [0.717, 1.165) is 0 Å². The van der Waals surface area contributed by atoms with E-state index in [1.54, 1.807) is 0 Å². The molecule has 25 heavy (non-hydrogen) atoms. The van der Waals surface area contributed by atoms with E-state index in [1.807, 2.05) is 0 Å². The molecule has 0 radical (unpaired) electrons. The van der Waals surface area contributed by atoms with Gasteiger partial charge in [0.25, 0.3) is 0 Å². The highest BCUT2D eigenvalue weighted by molar-refractivity contribution is 6.36. The predicted octanol–water partition coefficient (Wildman–Crippen LogP) is 4.14. The van der Waals surface area contributed by atoms with Crippen LogP contribution in [0.3, 0.4) is 0 Å². The third-order valence-electron chi connectivity index (χ3n) is 4.05. The van der Waals surface area contributed by atoms with E-state index in [9.17, 15) is 15.0 Å². The van der Waals surface area contributed by atoms with Crippen molar-refractivity contribution in [3.8, 4) is 0 Å². The van der Waals surface area contributed by atoms with Gasteiger partial charge in [-0.05, 0) is 17.7 Å². The Hall–Kier alpha value is -2.28. The van der Waals surface area contributed by atoms with Crippen molar-refractivity contribution in [1.29, 1.82) is 0 Å². The second-order valence-corrected chi connectivity index (χ2v) is 6.40. The van der Waals surface area contributed by atoms with Gasteiger partial charge in [0.05, 0.1) is 10.7 Å². The Morgan fingerprint density at radius 1 is 1.24 bits per heavy atom. The Bertz CT molecular complexity index is 897. The molecule has 0 spiro atoms. The summed E-state index contributed by atoms with van der Waals surface area (Å²) in [4.78, 5) is 15.2. The summed E-state index contributed by atoms with van der Waals surface area (Å²) >= 11 is 12.2. The summed E-state index contributed by atoms with van der Waals surface area (Å²) in [5.74, 6) is -0.417. The van der Waals surface area contributed by atoms with Crippen molar-refractivity contribution in [3.63, 3.8) is 0 Å². The monoisotopic (exact) mass is 378 g/mol. The van der Waals surface area contributed by atoms with Gasteiger partial charge in [-0.15, -0.1) is 0 Å². The van der Waals surface area contributed by atoms with Crippen molar-refractivity contribution in [2.24, 2.45) is 5.11 Å². The molecule has 0 aliphatic carbocycles. The maximum absolute atomic E-state index is 12.5. The van der Waals surface area contributed by atoms with Crippen LogP contribution >= 0.6 is 23.2 Å². The highest BCUT2D eigenvalue weighted by Crippen LogP contribution is 2.48. The Balaban J connectivity index is 1.93. The minimum Gasteiger partial charge on any atom is -0.380 e. The van der Waals surface area contributed by atoms with Crippen LogP contribution < -0.4 is 5.32 Å². The van der Waals surface area contributed by atoms with Gasteiger partial charge in [-0.1, -0.05) is 52.6 Å². The molecule has 1 heterocycles. The molecular weight excluding hydrogens is 367 g/mol. The Morgan fingerprint density at radius 3 is 2.52 bits per heavy atom. The van der Waals surface area contributed by atoms with Crippen LogP contribution in [-0.4, -0.2) is 22.2 Å². The zero-order chi connectivity index (χ0) is 18.2. The summed E-state index contributed by atoms with van der Waals surface area (Å²) in [6, 6.07) is 8.95. The lowest BCUT2D eigenvalue weighted by Crippen LogP contribution is -2.40. The second-order valence-electron chi connectivity index (χ2n) is 5.59. The van der Waals surface area contributed by atoms with Gasteiger partial charge in [0.2, 0.25) is 0 Å². The van der Waals surface area contributed by atoms with E-state index >= 15 is 0 Å². The molecule has 3 rings (SSSR count). The first-order valence-corrected chi connectivity index (χ1v) is 7.96. The minimum atomic E-state index is -1.92. The van der Waals surface area contributed by atoms with E-state index in [-0.39, 0.29) is 15.6 Å². The van der Waals surface area contributed by atoms with Crippen molar-refractivity contribution in [2.75, 3.05) is 5.32 Å². The molecule has 128 valence electrons. The lowest BCUT2D eigenvalue weighted by Gasteiger charge is -2.26. The first-order valence-electron chi connectivity index (χ1n) is 7.20. The Morgan fingerprint density at radius 2 is 1.88 bits per heavy atom. The fourth-order valence-electron chi connectivity index (χ4n) is 2.81. The zero-order valence-corrected chi connectivity index (χ0v) is 14.2. The van der Waals surface area contributed by atoms with Gasteiger partial charge >= 0.3 is 0 Å². The number of aliphatic hydroxyl groups excluding tert-OH is 1. The van der Waals surface area contributed by atoms with Crippen molar-refractivity contribution in [3.05, 3.63) is 68.0 Å². The highest BCUT2D eigenvalue weighted by atomic mass is 35.5. The molecule has 0 saturated carbocycles. The number of halogens is 2. The van der Waals surface area contributed by atoms with Gasteiger partial charge in [-0.2, -0.15) is 0 Å². The van der Waals surface area contributed by atoms with E-state index in [4.69, 9.17) is 28.7 Å². The van der Waals surface area contributed by atoms with Crippen molar-refractivity contribution in [2.45, 2.75) is 18.2 Å². The lowest BCUT2D eigenvalue weighted by molar-refractivity contribution is -0.0572. The molecule has 2 aromatic rings. The second kappa shape index (κ2) is 6.55. The molecular formula is C16H12Cl2N4O3. The van der Waals surface area contributed by atoms with Gasteiger partial charge in [0.15, 0.2) is 12.0 Å². The van der Waals surface area contributed by atoms with Crippen LogP contribution in [0, 0.1) is 0 Å². The average molecular weight is 379 g/mol. The van der Waals surface area contributed by atoms with Crippen molar-refractivity contribution < 1.29 is 15.0 Å². The fraction of sp³-hybridized carbons (Fsp3) is 0.188. The highest BCUT2D eigenvalue weighted by Gasteiger charge is 2.48. The first kappa shape index (κ1) is 17.5. The van der Waals surface area contributed by atoms with E-state index < -0.39 is 24.0 Å². The van der Waals surface area contributed by atoms with Crippen LogP contribution in [0.1, 0.15) is 22.3 Å². The number of benzene rings is 2. The molecule has 1 aliphatic heterocycles. The standard InChI is InChI=1S/C16H12Cl2N4O3/c17-10-5-6-11(18)14-13(10)16(25,15(24)20-14)7-12(23)8-1-3-9(4-2-8)21-22-19/h1-6,15,20,24-25H,7H2. The van der Waals surface area contributed by atoms with Crippen LogP contribution in [0.2, 0.25) is 10.0 Å². The molecule has 3 N–H and O–H groups in total. The molecule has 0 amide bonds. The summed E-state index contributed by atoms with van der Waals surface area (Å²) in [5.41, 5.74) is 7.62. The number of nitrogens with zero attached hydrogens (tertiary/aromatic N) is 3. The number of hydrogen-bond acceptors (Lipinski definition) is 5. The van der Waals surface area contributed by atoms with E-state index in [2.05, 4.69) is 15.3 Å². The van der Waals surface area contributed by atoms with Gasteiger partial charge < -0.3 is 15.5 Å². The number of fused-ring (bicyclic) bond motifs is 1.